The number of nitrogens with one attached hydrogen (secondary N) is 2. The van der Waals surface area contributed by atoms with Crippen molar-refractivity contribution in [3.8, 4) is 5.69 Å². The molecule has 3 heterocycles. The van der Waals surface area contributed by atoms with Crippen LogP contribution in [0, 0.1) is 6.92 Å². The number of likely N-dealkylation sites (tertiary alicyclic amines) is 1. The first-order valence-electron chi connectivity index (χ1n) is 8.90. The molecule has 0 spiro atoms. The summed E-state index contributed by atoms with van der Waals surface area (Å²) < 4.78 is 3.40. The second kappa shape index (κ2) is 7.10. The molecule has 0 unspecified atom stereocenters. The first kappa shape index (κ1) is 17.1. The van der Waals surface area contributed by atoms with E-state index in [4.69, 9.17) is 0 Å². The Morgan fingerprint density at radius 2 is 1.93 bits per heavy atom. The number of anilines is 1. The summed E-state index contributed by atoms with van der Waals surface area (Å²) in [6.45, 7) is 3.13. The Labute approximate surface area is 155 Å². The second-order valence-electron chi connectivity index (χ2n) is 6.67. The minimum Gasteiger partial charge on any atom is -0.324 e. The molecule has 2 amide bonds. The number of carbonyl (C=O) groups is 1. The lowest BCUT2D eigenvalue weighted by Gasteiger charge is -2.32. The molecule has 1 aromatic carbocycles. The van der Waals surface area contributed by atoms with Crippen molar-refractivity contribution in [1.82, 2.24) is 29.4 Å². The smallest absolute Gasteiger partial charge is 0.324 e. The molecule has 1 aliphatic heterocycles. The van der Waals surface area contributed by atoms with Crippen molar-refractivity contribution in [2.45, 2.75) is 25.8 Å². The maximum Gasteiger partial charge on any atom is 0.343 e. The van der Waals surface area contributed by atoms with Crippen molar-refractivity contribution in [3.63, 3.8) is 0 Å². The second-order valence-corrected chi connectivity index (χ2v) is 6.67. The van der Waals surface area contributed by atoms with Crippen molar-refractivity contribution in [2.75, 3.05) is 18.4 Å². The van der Waals surface area contributed by atoms with Crippen molar-refractivity contribution in [3.05, 3.63) is 59.0 Å². The van der Waals surface area contributed by atoms with E-state index in [0.717, 1.165) is 29.9 Å². The Morgan fingerprint density at radius 3 is 2.52 bits per heavy atom. The summed E-state index contributed by atoms with van der Waals surface area (Å²) in [6.07, 6.45) is 4.87. The van der Waals surface area contributed by atoms with E-state index in [1.807, 2.05) is 43.5 Å². The van der Waals surface area contributed by atoms with E-state index in [1.165, 1.54) is 6.33 Å². The summed E-state index contributed by atoms with van der Waals surface area (Å²) >= 11 is 0. The molecule has 0 bridgehead atoms. The van der Waals surface area contributed by atoms with Crippen LogP contribution in [0.5, 0.6) is 0 Å². The van der Waals surface area contributed by atoms with Crippen LogP contribution < -0.4 is 11.0 Å². The van der Waals surface area contributed by atoms with Gasteiger partial charge in [-0.15, -0.1) is 0 Å². The third-order valence-corrected chi connectivity index (χ3v) is 4.83. The molecule has 1 fully saturated rings. The minimum atomic E-state index is -0.203. The molecule has 0 atom stereocenters. The van der Waals surface area contributed by atoms with Gasteiger partial charge in [-0.2, -0.15) is 10.2 Å². The van der Waals surface area contributed by atoms with Crippen LogP contribution in [0.1, 0.15) is 24.6 Å². The van der Waals surface area contributed by atoms with Crippen LogP contribution in [0.4, 0.5) is 10.5 Å². The van der Waals surface area contributed by atoms with Crippen LogP contribution in [0.3, 0.4) is 0 Å². The molecule has 9 heteroatoms. The molecule has 0 saturated carbocycles. The van der Waals surface area contributed by atoms with E-state index in [1.54, 1.807) is 14.1 Å². The molecule has 2 N–H and O–H groups in total. The fourth-order valence-corrected chi connectivity index (χ4v) is 3.32. The Hall–Kier alpha value is -3.36. The lowest BCUT2D eigenvalue weighted by atomic mass is 10.1. The van der Waals surface area contributed by atoms with E-state index in [0.29, 0.717) is 13.1 Å². The van der Waals surface area contributed by atoms with Crippen LogP contribution in [0.15, 0.2) is 47.7 Å². The van der Waals surface area contributed by atoms with Gasteiger partial charge in [0.2, 0.25) is 0 Å². The van der Waals surface area contributed by atoms with Gasteiger partial charge in [0.1, 0.15) is 6.33 Å². The molecular formula is C18H21N7O2. The number of hydrogen-bond donors (Lipinski definition) is 2. The van der Waals surface area contributed by atoms with Gasteiger partial charge in [-0.1, -0.05) is 0 Å². The lowest BCUT2D eigenvalue weighted by Crippen LogP contribution is -2.42. The maximum atomic E-state index is 12.5. The zero-order valence-electron chi connectivity index (χ0n) is 15.0. The van der Waals surface area contributed by atoms with Gasteiger partial charge in [-0.05, 0) is 50.1 Å². The number of piperidine rings is 1. The number of urea groups is 1. The summed E-state index contributed by atoms with van der Waals surface area (Å²) in [4.78, 5) is 25.9. The number of rotatable bonds is 3. The molecule has 27 heavy (non-hydrogen) atoms. The van der Waals surface area contributed by atoms with Gasteiger partial charge in [0.25, 0.3) is 0 Å². The highest BCUT2D eigenvalue weighted by Gasteiger charge is 2.24. The molecule has 4 rings (SSSR count). The summed E-state index contributed by atoms with van der Waals surface area (Å²) in [5.41, 5.74) is 2.42. The van der Waals surface area contributed by atoms with Gasteiger partial charge >= 0.3 is 11.7 Å². The molecule has 1 saturated heterocycles. The Kier molecular flexibility index (Phi) is 4.49. The number of hydrogen-bond acceptors (Lipinski definition) is 4. The van der Waals surface area contributed by atoms with E-state index >= 15 is 0 Å². The summed E-state index contributed by atoms with van der Waals surface area (Å²) in [7, 11) is 0. The number of benzene rings is 1. The number of nitrogens with zero attached hydrogens (tertiary/aromatic N) is 5. The highest BCUT2D eigenvalue weighted by molar-refractivity contribution is 5.89. The highest BCUT2D eigenvalue weighted by Crippen LogP contribution is 2.21. The van der Waals surface area contributed by atoms with Gasteiger partial charge in [-0.3, -0.25) is 4.57 Å². The number of carbonyl (C=O) groups excluding carboxylic acids is 1. The summed E-state index contributed by atoms with van der Waals surface area (Å²) in [5, 5.41) is 13.5. The predicted octanol–water partition coefficient (Wildman–Crippen LogP) is 1.93. The molecule has 140 valence electrons. The van der Waals surface area contributed by atoms with E-state index in [9.17, 15) is 9.59 Å². The quantitative estimate of drug-likeness (QED) is 0.739. The van der Waals surface area contributed by atoms with Crippen molar-refractivity contribution < 1.29 is 4.79 Å². The molecule has 0 aliphatic carbocycles. The van der Waals surface area contributed by atoms with Crippen LogP contribution in [0.2, 0.25) is 0 Å². The molecule has 9 nitrogen and oxygen atoms in total. The Balaban J connectivity index is 1.34. The standard InChI is InChI=1S/C18H21N7O2/c1-13-6-11-25(22-13)16-4-2-14(3-5-16)20-17(26)23-9-7-15(8-10-23)24-12-19-21-18(24)27/h2-6,11-12,15H,7-10H2,1H3,(H,20,26)(H,21,27). The molecule has 0 radical (unpaired) electrons. The third-order valence-electron chi connectivity index (χ3n) is 4.83. The predicted molar refractivity (Wildman–Crippen MR) is 100 cm³/mol. The van der Waals surface area contributed by atoms with Gasteiger partial charge < -0.3 is 10.2 Å². The van der Waals surface area contributed by atoms with Crippen molar-refractivity contribution in [1.29, 1.82) is 0 Å². The number of aromatic amines is 1. The molecule has 1 aliphatic rings. The van der Waals surface area contributed by atoms with Crippen molar-refractivity contribution in [2.24, 2.45) is 0 Å². The zero-order valence-corrected chi connectivity index (χ0v) is 15.0. The number of amides is 2. The third kappa shape index (κ3) is 3.62. The van der Waals surface area contributed by atoms with Gasteiger partial charge in [-0.25, -0.2) is 19.4 Å². The monoisotopic (exact) mass is 367 g/mol. The Morgan fingerprint density at radius 1 is 1.19 bits per heavy atom. The zero-order chi connectivity index (χ0) is 18.8. The van der Waals surface area contributed by atoms with E-state index in [-0.39, 0.29) is 17.8 Å². The number of aromatic nitrogens is 5. The first-order valence-corrected chi connectivity index (χ1v) is 8.90. The molecular weight excluding hydrogens is 346 g/mol. The fraction of sp³-hybridized carbons (Fsp3) is 0.333. The normalized spacial score (nSPS) is 15.1. The number of aryl methyl sites for hydroxylation is 1. The molecule has 3 aromatic rings. The van der Waals surface area contributed by atoms with Crippen molar-refractivity contribution >= 4 is 11.7 Å². The van der Waals surface area contributed by atoms with Crippen LogP contribution in [-0.2, 0) is 0 Å². The van der Waals surface area contributed by atoms with Gasteiger partial charge in [0.05, 0.1) is 11.4 Å². The highest BCUT2D eigenvalue weighted by atomic mass is 16.2. The Bertz CT molecular complexity index is 978. The lowest BCUT2D eigenvalue weighted by molar-refractivity contribution is 0.183. The van der Waals surface area contributed by atoms with Crippen LogP contribution in [0.25, 0.3) is 5.69 Å². The summed E-state index contributed by atoms with van der Waals surface area (Å²) in [6, 6.07) is 9.45. The maximum absolute atomic E-state index is 12.5. The van der Waals surface area contributed by atoms with Crippen LogP contribution >= 0.6 is 0 Å². The average Bonchev–Trinajstić information content (AvgIpc) is 3.31. The topological polar surface area (TPSA) is 101 Å². The SMILES string of the molecule is Cc1ccn(-c2ccc(NC(=O)N3CCC(n4cn[nH]c4=O)CC3)cc2)n1. The first-order chi connectivity index (χ1) is 13.1. The van der Waals surface area contributed by atoms with Crippen LogP contribution in [-0.4, -0.2) is 48.6 Å². The summed E-state index contributed by atoms with van der Waals surface area (Å²) in [5.74, 6) is 0. The minimum absolute atomic E-state index is 0.0807. The fourth-order valence-electron chi connectivity index (χ4n) is 3.32. The number of H-pyrrole nitrogens is 1. The largest absolute Gasteiger partial charge is 0.343 e. The molecule has 2 aromatic heterocycles. The van der Waals surface area contributed by atoms with Gasteiger partial charge in [0, 0.05) is 31.0 Å². The van der Waals surface area contributed by atoms with E-state index in [2.05, 4.69) is 20.6 Å². The van der Waals surface area contributed by atoms with E-state index < -0.39 is 0 Å². The average molecular weight is 367 g/mol. The van der Waals surface area contributed by atoms with Gasteiger partial charge in [0.15, 0.2) is 0 Å².